The van der Waals surface area contributed by atoms with Crippen molar-refractivity contribution in [1.82, 2.24) is 14.7 Å². The number of carbonyl (C=O) groups excluding carboxylic acids is 1. The van der Waals surface area contributed by atoms with Gasteiger partial charge < -0.3 is 4.90 Å². The Morgan fingerprint density at radius 2 is 2.19 bits per heavy atom. The lowest BCUT2D eigenvalue weighted by Crippen LogP contribution is -2.31. The summed E-state index contributed by atoms with van der Waals surface area (Å²) in [6.45, 7) is 5.60. The number of aryl methyl sites for hydroxylation is 1. The van der Waals surface area contributed by atoms with Crippen molar-refractivity contribution >= 4 is 17.7 Å². The van der Waals surface area contributed by atoms with E-state index in [0.717, 1.165) is 18.8 Å². The van der Waals surface area contributed by atoms with E-state index in [1.54, 1.807) is 16.4 Å². The molecule has 0 aliphatic carbocycles. The Morgan fingerprint density at radius 1 is 1.50 bits per heavy atom. The van der Waals surface area contributed by atoms with E-state index in [0.29, 0.717) is 5.75 Å². The van der Waals surface area contributed by atoms with Gasteiger partial charge in [-0.15, -0.1) is 11.8 Å². The van der Waals surface area contributed by atoms with Crippen molar-refractivity contribution in [2.45, 2.75) is 19.6 Å². The molecule has 0 aliphatic rings. The van der Waals surface area contributed by atoms with E-state index in [1.807, 2.05) is 38.2 Å². The Morgan fingerprint density at radius 3 is 2.69 bits per heavy atom. The van der Waals surface area contributed by atoms with Crippen LogP contribution in [0.5, 0.6) is 0 Å². The van der Waals surface area contributed by atoms with Gasteiger partial charge in [-0.25, -0.2) is 0 Å². The Balaban J connectivity index is 2.27. The van der Waals surface area contributed by atoms with Crippen LogP contribution >= 0.6 is 11.8 Å². The second-order valence-electron chi connectivity index (χ2n) is 3.58. The van der Waals surface area contributed by atoms with E-state index in [4.69, 9.17) is 0 Å². The van der Waals surface area contributed by atoms with Crippen LogP contribution in [0.1, 0.15) is 19.4 Å². The van der Waals surface area contributed by atoms with Crippen molar-refractivity contribution in [3.63, 3.8) is 0 Å². The zero-order valence-electron chi connectivity index (χ0n) is 10.1. The molecule has 0 bridgehead atoms. The Labute approximate surface area is 101 Å². The summed E-state index contributed by atoms with van der Waals surface area (Å²) in [4.78, 5) is 13.5. The van der Waals surface area contributed by atoms with Gasteiger partial charge in [0.1, 0.15) is 0 Å². The molecule has 1 aromatic rings. The average Bonchev–Trinajstić information content (AvgIpc) is 2.66. The molecule has 0 radical (unpaired) electrons. The maximum absolute atomic E-state index is 11.7. The fourth-order valence-corrected chi connectivity index (χ4v) is 2.31. The third kappa shape index (κ3) is 3.89. The van der Waals surface area contributed by atoms with E-state index in [1.165, 1.54) is 5.56 Å². The molecule has 0 fully saturated rings. The molecular formula is C11H19N3OS. The van der Waals surface area contributed by atoms with Gasteiger partial charge in [-0.1, -0.05) is 0 Å². The highest BCUT2D eigenvalue weighted by Gasteiger charge is 2.09. The molecule has 0 N–H and O–H groups in total. The number of aromatic nitrogens is 2. The van der Waals surface area contributed by atoms with Crippen LogP contribution in [0.4, 0.5) is 0 Å². The lowest BCUT2D eigenvalue weighted by molar-refractivity contribution is -0.127. The second kappa shape index (κ2) is 6.58. The minimum Gasteiger partial charge on any atom is -0.343 e. The molecule has 90 valence electrons. The molecule has 1 rings (SSSR count). The summed E-state index contributed by atoms with van der Waals surface area (Å²) in [6.07, 6.45) is 3.82. The van der Waals surface area contributed by atoms with Crippen LogP contribution in [0.25, 0.3) is 0 Å². The van der Waals surface area contributed by atoms with Crippen molar-refractivity contribution in [3.8, 4) is 0 Å². The summed E-state index contributed by atoms with van der Waals surface area (Å²) in [5, 5.41) is 4.09. The molecule has 0 aromatic carbocycles. The molecule has 0 saturated heterocycles. The van der Waals surface area contributed by atoms with Crippen LogP contribution in [0.3, 0.4) is 0 Å². The number of rotatable bonds is 6. The Bertz CT molecular complexity index is 334. The summed E-state index contributed by atoms with van der Waals surface area (Å²) in [5.74, 6) is 1.62. The molecule has 0 unspecified atom stereocenters. The third-order valence-corrected chi connectivity index (χ3v) is 3.36. The average molecular weight is 241 g/mol. The largest absolute Gasteiger partial charge is 0.343 e. The number of nitrogens with zero attached hydrogens (tertiary/aromatic N) is 3. The van der Waals surface area contributed by atoms with Gasteiger partial charge in [0.05, 0.1) is 11.9 Å². The molecular weight excluding hydrogens is 222 g/mol. The predicted octanol–water partition coefficient (Wildman–Crippen LogP) is 1.52. The smallest absolute Gasteiger partial charge is 0.232 e. The van der Waals surface area contributed by atoms with Crippen LogP contribution in [0.2, 0.25) is 0 Å². The number of amides is 1. The Hall–Kier alpha value is -0.970. The first-order chi connectivity index (χ1) is 7.67. The topological polar surface area (TPSA) is 38.1 Å². The van der Waals surface area contributed by atoms with Gasteiger partial charge in [-0.3, -0.25) is 9.48 Å². The summed E-state index contributed by atoms with van der Waals surface area (Å²) in [5.41, 5.74) is 1.17. The zero-order chi connectivity index (χ0) is 12.0. The van der Waals surface area contributed by atoms with Gasteiger partial charge in [-0.05, 0) is 19.4 Å². The molecule has 1 heterocycles. The van der Waals surface area contributed by atoms with E-state index >= 15 is 0 Å². The van der Waals surface area contributed by atoms with E-state index in [-0.39, 0.29) is 5.91 Å². The monoisotopic (exact) mass is 241 g/mol. The maximum Gasteiger partial charge on any atom is 0.232 e. The van der Waals surface area contributed by atoms with Crippen LogP contribution in [0.15, 0.2) is 12.4 Å². The summed E-state index contributed by atoms with van der Waals surface area (Å²) >= 11 is 1.64. The number of thioether (sulfide) groups is 1. The number of carbonyl (C=O) groups is 1. The lowest BCUT2D eigenvalue weighted by atomic mass is 10.4. The van der Waals surface area contributed by atoms with Gasteiger partial charge >= 0.3 is 0 Å². The van der Waals surface area contributed by atoms with Gasteiger partial charge in [-0.2, -0.15) is 5.10 Å². The maximum atomic E-state index is 11.7. The van der Waals surface area contributed by atoms with E-state index in [2.05, 4.69) is 5.10 Å². The van der Waals surface area contributed by atoms with Crippen molar-refractivity contribution in [3.05, 3.63) is 18.0 Å². The lowest BCUT2D eigenvalue weighted by Gasteiger charge is -2.17. The van der Waals surface area contributed by atoms with E-state index in [9.17, 15) is 4.79 Å². The third-order valence-electron chi connectivity index (χ3n) is 2.37. The quantitative estimate of drug-likeness (QED) is 0.758. The van der Waals surface area contributed by atoms with Crippen molar-refractivity contribution in [2.24, 2.45) is 7.05 Å². The van der Waals surface area contributed by atoms with Gasteiger partial charge in [0, 0.05) is 32.1 Å². The number of hydrogen-bond donors (Lipinski definition) is 0. The number of hydrogen-bond acceptors (Lipinski definition) is 3. The first-order valence-electron chi connectivity index (χ1n) is 5.50. The molecule has 0 aliphatic heterocycles. The first kappa shape index (κ1) is 13.1. The van der Waals surface area contributed by atoms with Gasteiger partial charge in [0.2, 0.25) is 5.91 Å². The molecule has 4 nitrogen and oxygen atoms in total. The summed E-state index contributed by atoms with van der Waals surface area (Å²) in [6, 6.07) is 0. The van der Waals surface area contributed by atoms with E-state index < -0.39 is 0 Å². The van der Waals surface area contributed by atoms with Crippen molar-refractivity contribution < 1.29 is 4.79 Å². The molecule has 0 spiro atoms. The molecule has 1 amide bonds. The van der Waals surface area contributed by atoms with Crippen molar-refractivity contribution in [1.29, 1.82) is 0 Å². The fraction of sp³-hybridized carbons (Fsp3) is 0.636. The van der Waals surface area contributed by atoms with Crippen LogP contribution in [-0.2, 0) is 17.6 Å². The molecule has 16 heavy (non-hydrogen) atoms. The zero-order valence-corrected chi connectivity index (χ0v) is 11.0. The van der Waals surface area contributed by atoms with Crippen molar-refractivity contribution in [2.75, 3.05) is 18.8 Å². The summed E-state index contributed by atoms with van der Waals surface area (Å²) < 4.78 is 1.78. The second-order valence-corrected chi connectivity index (χ2v) is 4.57. The predicted molar refractivity (Wildman–Crippen MR) is 67.3 cm³/mol. The highest BCUT2D eigenvalue weighted by molar-refractivity contribution is 7.99. The van der Waals surface area contributed by atoms with Crippen LogP contribution < -0.4 is 0 Å². The minimum atomic E-state index is 0.221. The normalized spacial score (nSPS) is 10.4. The minimum absolute atomic E-state index is 0.221. The SMILES string of the molecule is CCN(CC)C(=O)CSCc1cnn(C)c1. The molecule has 0 atom stereocenters. The first-order valence-corrected chi connectivity index (χ1v) is 6.65. The highest BCUT2D eigenvalue weighted by Crippen LogP contribution is 2.11. The fourth-order valence-electron chi connectivity index (χ4n) is 1.47. The van der Waals surface area contributed by atoms with Crippen LogP contribution in [-0.4, -0.2) is 39.4 Å². The standard InChI is InChI=1S/C11H19N3OS/c1-4-14(5-2)11(15)9-16-8-10-6-12-13(3)7-10/h6-7H,4-5,8-9H2,1-3H3. The summed E-state index contributed by atoms with van der Waals surface area (Å²) in [7, 11) is 1.90. The molecule has 0 saturated carbocycles. The van der Waals surface area contributed by atoms with Gasteiger partial charge in [0.15, 0.2) is 0 Å². The highest BCUT2D eigenvalue weighted by atomic mass is 32.2. The molecule has 1 aromatic heterocycles. The van der Waals surface area contributed by atoms with Gasteiger partial charge in [0.25, 0.3) is 0 Å². The van der Waals surface area contributed by atoms with Crippen LogP contribution in [0, 0.1) is 0 Å². The molecule has 5 heteroatoms. The Kier molecular flexibility index (Phi) is 5.38.